The summed E-state index contributed by atoms with van der Waals surface area (Å²) in [5.74, 6) is -0.641. The van der Waals surface area contributed by atoms with Crippen molar-refractivity contribution in [3.63, 3.8) is 0 Å². The third-order valence-electron chi connectivity index (χ3n) is 4.93. The van der Waals surface area contributed by atoms with Gasteiger partial charge in [0.05, 0.1) is 27.2 Å². The number of carboxylic acids is 1. The molecule has 0 spiro atoms. The van der Waals surface area contributed by atoms with Crippen LogP contribution < -0.4 is 0 Å². The summed E-state index contributed by atoms with van der Waals surface area (Å²) < 4.78 is 0.714. The second-order valence-corrected chi connectivity index (χ2v) is 9.24. The first-order valence-corrected chi connectivity index (χ1v) is 10.3. The standard InChI is InChI=1S/C17H17ClN2O3S2/c18-14-4-3-13(25-14)16-19-10(8-24-16)5-15(21)20-6-11(9-1-2-9)12(7-20)17(22)23/h3-4,8-9,11-12H,1-2,5-7H2,(H,22,23)/t11-,12+/m1/s1. The lowest BCUT2D eigenvalue weighted by Gasteiger charge is -2.15. The number of likely N-dealkylation sites (tertiary alicyclic amines) is 1. The van der Waals surface area contributed by atoms with Crippen molar-refractivity contribution in [1.82, 2.24) is 9.88 Å². The van der Waals surface area contributed by atoms with Gasteiger partial charge < -0.3 is 10.0 Å². The normalized spacial score (nSPS) is 23.2. The van der Waals surface area contributed by atoms with E-state index in [2.05, 4.69) is 4.98 Å². The van der Waals surface area contributed by atoms with Gasteiger partial charge in [0, 0.05) is 18.5 Å². The molecule has 5 nitrogen and oxygen atoms in total. The van der Waals surface area contributed by atoms with Gasteiger partial charge in [-0.3, -0.25) is 9.59 Å². The van der Waals surface area contributed by atoms with Gasteiger partial charge in [0.2, 0.25) is 5.91 Å². The molecule has 1 saturated heterocycles. The smallest absolute Gasteiger partial charge is 0.308 e. The van der Waals surface area contributed by atoms with E-state index in [9.17, 15) is 14.7 Å². The van der Waals surface area contributed by atoms with Crippen LogP contribution in [-0.2, 0) is 16.0 Å². The maximum Gasteiger partial charge on any atom is 0.308 e. The minimum atomic E-state index is -0.780. The SMILES string of the molecule is O=C(O)[C@H]1CN(C(=O)Cc2csc(-c3ccc(Cl)s3)n2)C[C@@H]1C1CC1. The van der Waals surface area contributed by atoms with Crippen molar-refractivity contribution >= 4 is 46.2 Å². The number of thiophene rings is 1. The highest BCUT2D eigenvalue weighted by Gasteiger charge is 2.46. The monoisotopic (exact) mass is 396 g/mol. The highest BCUT2D eigenvalue weighted by atomic mass is 35.5. The second-order valence-electron chi connectivity index (χ2n) is 6.67. The number of nitrogens with zero attached hydrogens (tertiary/aromatic N) is 2. The molecule has 132 valence electrons. The van der Waals surface area contributed by atoms with E-state index in [0.29, 0.717) is 23.3 Å². The Morgan fingerprint density at radius 1 is 1.32 bits per heavy atom. The van der Waals surface area contributed by atoms with E-state index >= 15 is 0 Å². The Kier molecular flexibility index (Phi) is 4.56. The number of rotatable bonds is 5. The maximum atomic E-state index is 12.6. The maximum absolute atomic E-state index is 12.6. The average Bonchev–Trinajstić information content (AvgIpc) is 2.99. The molecule has 2 atom stereocenters. The van der Waals surface area contributed by atoms with Crippen molar-refractivity contribution in [3.8, 4) is 9.88 Å². The number of hydrogen-bond donors (Lipinski definition) is 1. The molecule has 1 saturated carbocycles. The summed E-state index contributed by atoms with van der Waals surface area (Å²) >= 11 is 8.92. The van der Waals surface area contributed by atoms with Crippen LogP contribution in [-0.4, -0.2) is 40.0 Å². The van der Waals surface area contributed by atoms with E-state index in [1.54, 1.807) is 4.90 Å². The van der Waals surface area contributed by atoms with Gasteiger partial charge in [-0.1, -0.05) is 11.6 Å². The molecule has 2 aliphatic rings. The molecule has 8 heteroatoms. The number of aliphatic carboxylic acids is 1. The zero-order valence-electron chi connectivity index (χ0n) is 13.4. The summed E-state index contributed by atoms with van der Waals surface area (Å²) in [7, 11) is 0. The highest BCUT2D eigenvalue weighted by Crippen LogP contribution is 2.44. The molecular weight excluding hydrogens is 380 g/mol. The number of halogens is 1. The number of hydrogen-bond acceptors (Lipinski definition) is 5. The molecule has 1 aliphatic heterocycles. The lowest BCUT2D eigenvalue weighted by Crippen LogP contribution is -2.31. The first-order valence-electron chi connectivity index (χ1n) is 8.22. The Balaban J connectivity index is 1.42. The van der Waals surface area contributed by atoms with Crippen LogP contribution in [0.25, 0.3) is 9.88 Å². The third kappa shape index (κ3) is 3.59. The predicted octanol–water partition coefficient (Wildman–Crippen LogP) is 3.64. The largest absolute Gasteiger partial charge is 0.481 e. The highest BCUT2D eigenvalue weighted by molar-refractivity contribution is 7.23. The summed E-state index contributed by atoms with van der Waals surface area (Å²) in [5, 5.41) is 12.2. The first kappa shape index (κ1) is 17.0. The van der Waals surface area contributed by atoms with Crippen LogP contribution >= 0.6 is 34.3 Å². The van der Waals surface area contributed by atoms with Crippen LogP contribution in [0.15, 0.2) is 17.5 Å². The average molecular weight is 397 g/mol. The van der Waals surface area contributed by atoms with E-state index in [1.807, 2.05) is 17.5 Å². The summed E-state index contributed by atoms with van der Waals surface area (Å²) in [6, 6.07) is 3.76. The number of aromatic nitrogens is 1. The lowest BCUT2D eigenvalue weighted by atomic mass is 9.92. The summed E-state index contributed by atoms with van der Waals surface area (Å²) in [6.07, 6.45) is 2.41. The molecular formula is C17H17ClN2O3S2. The van der Waals surface area contributed by atoms with E-state index < -0.39 is 11.9 Å². The Hall–Kier alpha value is -1.44. The Bertz CT molecular complexity index is 814. The van der Waals surface area contributed by atoms with Gasteiger partial charge in [0.15, 0.2) is 0 Å². The van der Waals surface area contributed by atoms with Crippen LogP contribution in [0.4, 0.5) is 0 Å². The molecule has 1 amide bonds. The van der Waals surface area contributed by atoms with Crippen LogP contribution in [0.2, 0.25) is 4.34 Å². The Morgan fingerprint density at radius 2 is 2.12 bits per heavy atom. The minimum Gasteiger partial charge on any atom is -0.481 e. The van der Waals surface area contributed by atoms with E-state index in [-0.39, 0.29) is 18.2 Å². The molecule has 2 aromatic heterocycles. The Labute approximate surface area is 158 Å². The zero-order valence-corrected chi connectivity index (χ0v) is 15.7. The molecule has 3 heterocycles. The first-order chi connectivity index (χ1) is 12.0. The number of carbonyl (C=O) groups excluding carboxylic acids is 1. The molecule has 1 aliphatic carbocycles. The summed E-state index contributed by atoms with van der Waals surface area (Å²) in [5.41, 5.74) is 0.733. The van der Waals surface area contributed by atoms with Gasteiger partial charge in [-0.05, 0) is 36.8 Å². The predicted molar refractivity (Wildman–Crippen MR) is 98.1 cm³/mol. The number of thiazole rings is 1. The third-order valence-corrected chi connectivity index (χ3v) is 7.22. The van der Waals surface area contributed by atoms with E-state index in [4.69, 9.17) is 11.6 Å². The van der Waals surface area contributed by atoms with Crippen LogP contribution in [0.1, 0.15) is 18.5 Å². The molecule has 25 heavy (non-hydrogen) atoms. The fourth-order valence-electron chi connectivity index (χ4n) is 3.49. The number of amides is 1. The molecule has 0 unspecified atom stereocenters. The van der Waals surface area contributed by atoms with Gasteiger partial charge >= 0.3 is 5.97 Å². The molecule has 0 radical (unpaired) electrons. The van der Waals surface area contributed by atoms with Crippen LogP contribution in [0.5, 0.6) is 0 Å². The van der Waals surface area contributed by atoms with E-state index in [1.165, 1.54) is 22.7 Å². The van der Waals surface area contributed by atoms with Gasteiger partial charge in [-0.2, -0.15) is 0 Å². The van der Waals surface area contributed by atoms with Crippen molar-refractivity contribution in [2.75, 3.05) is 13.1 Å². The summed E-state index contributed by atoms with van der Waals surface area (Å²) in [6.45, 7) is 0.894. The fourth-order valence-corrected chi connectivity index (χ4v) is 5.43. The molecule has 1 N–H and O–H groups in total. The molecule has 2 aromatic rings. The molecule has 4 rings (SSSR count). The number of carboxylic acid groups (broad SMARTS) is 1. The molecule has 0 bridgehead atoms. The minimum absolute atomic E-state index is 0.0320. The van der Waals surface area contributed by atoms with Crippen molar-refractivity contribution in [1.29, 1.82) is 0 Å². The van der Waals surface area contributed by atoms with Gasteiger partial charge in [-0.25, -0.2) is 4.98 Å². The molecule has 0 aromatic carbocycles. The topological polar surface area (TPSA) is 70.5 Å². The van der Waals surface area contributed by atoms with Gasteiger partial charge in [-0.15, -0.1) is 22.7 Å². The van der Waals surface area contributed by atoms with Crippen LogP contribution in [0, 0.1) is 17.8 Å². The number of carbonyl (C=O) groups is 2. The molecule has 2 fully saturated rings. The van der Waals surface area contributed by atoms with Gasteiger partial charge in [0.25, 0.3) is 0 Å². The van der Waals surface area contributed by atoms with Crippen molar-refractivity contribution in [3.05, 3.63) is 27.5 Å². The van der Waals surface area contributed by atoms with Crippen LogP contribution in [0.3, 0.4) is 0 Å². The van der Waals surface area contributed by atoms with E-state index in [0.717, 1.165) is 28.4 Å². The zero-order chi connectivity index (χ0) is 17.6. The second kappa shape index (κ2) is 6.70. The van der Waals surface area contributed by atoms with Crippen molar-refractivity contribution in [2.45, 2.75) is 19.3 Å². The van der Waals surface area contributed by atoms with Crippen molar-refractivity contribution < 1.29 is 14.7 Å². The lowest BCUT2D eigenvalue weighted by molar-refractivity contribution is -0.142. The summed E-state index contributed by atoms with van der Waals surface area (Å²) in [4.78, 5) is 31.3. The van der Waals surface area contributed by atoms with Crippen molar-refractivity contribution in [2.24, 2.45) is 17.8 Å². The van der Waals surface area contributed by atoms with Gasteiger partial charge in [0.1, 0.15) is 5.01 Å². The Morgan fingerprint density at radius 3 is 2.76 bits per heavy atom. The quantitative estimate of drug-likeness (QED) is 0.837. The fraction of sp³-hybridized carbons (Fsp3) is 0.471.